The normalized spacial score (nSPS) is 28.2. The molecule has 3 atom stereocenters. The monoisotopic (exact) mass is 403 g/mol. The fourth-order valence-corrected chi connectivity index (χ4v) is 5.44. The number of rotatable bonds is 5. The fourth-order valence-electron chi connectivity index (χ4n) is 3.87. The number of alkyl halides is 1. The first-order valence-electron chi connectivity index (χ1n) is 9.44. The van der Waals surface area contributed by atoms with Gasteiger partial charge in [-0.05, 0) is 56.4 Å². The van der Waals surface area contributed by atoms with Crippen molar-refractivity contribution in [2.45, 2.75) is 30.3 Å². The molecular formula is C21H23F2N3OS. The van der Waals surface area contributed by atoms with Crippen LogP contribution in [0.15, 0.2) is 53.4 Å². The van der Waals surface area contributed by atoms with Crippen LogP contribution in [0.1, 0.15) is 24.0 Å². The second kappa shape index (κ2) is 7.44. The molecule has 0 bridgehead atoms. The summed E-state index contributed by atoms with van der Waals surface area (Å²) in [6.07, 6.45) is 4.02. The molecule has 3 unspecified atom stereocenters. The van der Waals surface area contributed by atoms with Gasteiger partial charge in [0, 0.05) is 12.8 Å². The molecule has 2 aliphatic carbocycles. The number of thioether (sulfide) groups is 1. The first kappa shape index (κ1) is 19.3. The van der Waals surface area contributed by atoms with Crippen molar-refractivity contribution in [2.24, 2.45) is 11.0 Å². The Morgan fingerprint density at radius 1 is 1.39 bits per heavy atom. The highest BCUT2D eigenvalue weighted by Gasteiger charge is 2.56. The third-order valence-corrected chi connectivity index (χ3v) is 6.76. The van der Waals surface area contributed by atoms with Crippen LogP contribution in [0.4, 0.5) is 8.78 Å². The van der Waals surface area contributed by atoms with Gasteiger partial charge in [-0.2, -0.15) is 5.10 Å². The highest BCUT2D eigenvalue weighted by Crippen LogP contribution is 2.57. The Hall–Kier alpha value is -1.99. The summed E-state index contributed by atoms with van der Waals surface area (Å²) in [5.74, 6) is -1.34. The van der Waals surface area contributed by atoms with E-state index in [1.165, 1.54) is 34.5 Å². The molecule has 0 radical (unpaired) electrons. The van der Waals surface area contributed by atoms with Gasteiger partial charge < -0.3 is 4.90 Å². The van der Waals surface area contributed by atoms with Gasteiger partial charge in [0.25, 0.3) is 0 Å². The van der Waals surface area contributed by atoms with Gasteiger partial charge in [-0.15, -0.1) is 0 Å². The van der Waals surface area contributed by atoms with E-state index in [1.54, 1.807) is 0 Å². The Bertz CT molecular complexity index is 882. The summed E-state index contributed by atoms with van der Waals surface area (Å²) in [5, 5.41) is 6.52. The van der Waals surface area contributed by atoms with Gasteiger partial charge in [-0.1, -0.05) is 36.0 Å². The van der Waals surface area contributed by atoms with Crippen molar-refractivity contribution in [3.8, 4) is 0 Å². The van der Waals surface area contributed by atoms with Crippen LogP contribution in [0.2, 0.25) is 0 Å². The van der Waals surface area contributed by atoms with E-state index >= 15 is 0 Å². The van der Waals surface area contributed by atoms with Crippen molar-refractivity contribution >= 4 is 22.7 Å². The van der Waals surface area contributed by atoms with Crippen LogP contribution < -0.4 is 0 Å². The Balaban J connectivity index is 1.62. The molecule has 0 saturated carbocycles. The maximum absolute atomic E-state index is 14.5. The Kier molecular flexibility index (Phi) is 5.14. The molecule has 0 fully saturated rings. The minimum absolute atomic E-state index is 0.0786. The summed E-state index contributed by atoms with van der Waals surface area (Å²) in [5.41, 5.74) is 2.20. The van der Waals surface area contributed by atoms with E-state index in [4.69, 9.17) is 0 Å². The van der Waals surface area contributed by atoms with E-state index < -0.39 is 22.8 Å². The summed E-state index contributed by atoms with van der Waals surface area (Å²) in [6, 6.07) is 7.94. The minimum atomic E-state index is -1.35. The summed E-state index contributed by atoms with van der Waals surface area (Å²) in [6.45, 7) is 0.806. The van der Waals surface area contributed by atoms with Crippen molar-refractivity contribution in [2.75, 3.05) is 20.6 Å². The fraction of sp³-hybridized carbons (Fsp3) is 0.429. The van der Waals surface area contributed by atoms with E-state index in [2.05, 4.69) is 5.10 Å². The molecule has 1 aliphatic heterocycles. The number of amides is 1. The molecule has 1 aromatic rings. The molecule has 1 aromatic carbocycles. The average molecular weight is 403 g/mol. The SMILES string of the molecule is CN(C)CCCC(=O)N1N=C(C2C=C(F)C=CC2F)SC12Cc1ccccc12. The largest absolute Gasteiger partial charge is 0.309 e. The zero-order valence-corrected chi connectivity index (χ0v) is 16.8. The molecule has 1 spiro atoms. The topological polar surface area (TPSA) is 35.9 Å². The summed E-state index contributed by atoms with van der Waals surface area (Å²) < 4.78 is 28.2. The molecule has 0 N–H and O–H groups in total. The van der Waals surface area contributed by atoms with Crippen LogP contribution >= 0.6 is 11.8 Å². The first-order valence-corrected chi connectivity index (χ1v) is 10.3. The van der Waals surface area contributed by atoms with Crippen molar-refractivity contribution in [3.63, 3.8) is 0 Å². The molecule has 148 valence electrons. The molecule has 7 heteroatoms. The van der Waals surface area contributed by atoms with Crippen LogP contribution in [-0.4, -0.2) is 47.7 Å². The number of halogens is 2. The van der Waals surface area contributed by atoms with Crippen molar-refractivity contribution in [1.29, 1.82) is 0 Å². The van der Waals surface area contributed by atoms with Crippen molar-refractivity contribution in [1.82, 2.24) is 9.91 Å². The van der Waals surface area contributed by atoms with Crippen molar-refractivity contribution in [3.05, 3.63) is 59.4 Å². The van der Waals surface area contributed by atoms with Gasteiger partial charge in [0.05, 0.1) is 5.92 Å². The number of nitrogens with zero attached hydrogens (tertiary/aromatic N) is 3. The number of allylic oxidation sites excluding steroid dienone is 4. The van der Waals surface area contributed by atoms with E-state index in [9.17, 15) is 13.6 Å². The van der Waals surface area contributed by atoms with Gasteiger partial charge in [0.1, 0.15) is 21.9 Å². The van der Waals surface area contributed by atoms with Crippen molar-refractivity contribution < 1.29 is 13.6 Å². The van der Waals surface area contributed by atoms with Gasteiger partial charge in [-0.3, -0.25) is 4.79 Å². The van der Waals surface area contributed by atoms with Gasteiger partial charge in [0.15, 0.2) is 0 Å². The molecule has 3 aliphatic rings. The maximum atomic E-state index is 14.5. The predicted molar refractivity (Wildman–Crippen MR) is 108 cm³/mol. The molecule has 28 heavy (non-hydrogen) atoms. The number of fused-ring (bicyclic) bond motifs is 2. The van der Waals surface area contributed by atoms with Crippen LogP contribution in [-0.2, 0) is 16.1 Å². The second-order valence-corrected chi connectivity index (χ2v) is 8.95. The second-order valence-electron chi connectivity index (χ2n) is 7.65. The van der Waals surface area contributed by atoms with Crippen LogP contribution in [0.3, 0.4) is 0 Å². The number of carbonyl (C=O) groups excluding carboxylic acids is 1. The predicted octanol–water partition coefficient (Wildman–Crippen LogP) is 4.00. The standard InChI is InChI=1S/C21H23F2N3OS/c1-25(2)11-5-8-19(27)26-21(13-14-6-3-4-7-17(14)21)28-20(24-26)16-12-15(22)9-10-18(16)23/h3-4,6-7,9-10,12,16,18H,5,8,11,13H2,1-2H3. The smallest absolute Gasteiger partial charge is 0.244 e. The van der Waals surface area contributed by atoms with Gasteiger partial charge in [-0.25, -0.2) is 13.8 Å². The molecule has 0 saturated heterocycles. The van der Waals surface area contributed by atoms with Crippen LogP contribution in [0.25, 0.3) is 0 Å². The number of carbonyl (C=O) groups is 1. The van der Waals surface area contributed by atoms with E-state index in [1.807, 2.05) is 43.3 Å². The molecule has 1 amide bonds. The molecule has 4 nitrogen and oxygen atoms in total. The summed E-state index contributed by atoms with van der Waals surface area (Å²) >= 11 is 1.39. The van der Waals surface area contributed by atoms with Gasteiger partial charge >= 0.3 is 0 Å². The van der Waals surface area contributed by atoms with Crippen LogP contribution in [0.5, 0.6) is 0 Å². The molecular weight excluding hydrogens is 380 g/mol. The lowest BCUT2D eigenvalue weighted by Crippen LogP contribution is -2.49. The number of benzene rings is 1. The van der Waals surface area contributed by atoms with E-state index in [0.717, 1.165) is 24.6 Å². The Morgan fingerprint density at radius 3 is 2.93 bits per heavy atom. The number of hydrogen-bond acceptors (Lipinski definition) is 4. The lowest BCUT2D eigenvalue weighted by molar-refractivity contribution is -0.135. The lowest BCUT2D eigenvalue weighted by Gasteiger charge is -2.44. The molecule has 4 rings (SSSR count). The minimum Gasteiger partial charge on any atom is -0.309 e. The molecule has 1 heterocycles. The van der Waals surface area contributed by atoms with Crippen LogP contribution in [0, 0.1) is 5.92 Å². The highest BCUT2D eigenvalue weighted by molar-refractivity contribution is 8.15. The maximum Gasteiger partial charge on any atom is 0.244 e. The first-order chi connectivity index (χ1) is 13.4. The zero-order chi connectivity index (χ0) is 19.9. The van der Waals surface area contributed by atoms with E-state index in [0.29, 0.717) is 17.9 Å². The summed E-state index contributed by atoms with van der Waals surface area (Å²) in [4.78, 5) is 14.4. The lowest BCUT2D eigenvalue weighted by atomic mass is 9.82. The van der Waals surface area contributed by atoms with E-state index in [-0.39, 0.29) is 5.91 Å². The average Bonchev–Trinajstić information content (AvgIpc) is 3.05. The quantitative estimate of drug-likeness (QED) is 0.746. The highest BCUT2D eigenvalue weighted by atomic mass is 32.2. The third kappa shape index (κ3) is 3.31. The summed E-state index contributed by atoms with van der Waals surface area (Å²) in [7, 11) is 3.93. The van der Waals surface area contributed by atoms with Gasteiger partial charge in [0.2, 0.25) is 5.91 Å². The zero-order valence-electron chi connectivity index (χ0n) is 15.9. The third-order valence-electron chi connectivity index (χ3n) is 5.32. The Labute approximate surface area is 168 Å². The number of hydrogen-bond donors (Lipinski definition) is 0. The molecule has 0 aromatic heterocycles. The Morgan fingerprint density at radius 2 is 2.18 bits per heavy atom. The number of hydrazone groups is 1.